The Morgan fingerprint density at radius 1 is 1.54 bits per heavy atom. The van der Waals surface area contributed by atoms with E-state index >= 15 is 0 Å². The van der Waals surface area contributed by atoms with Gasteiger partial charge in [-0.25, -0.2) is 0 Å². The van der Waals surface area contributed by atoms with Crippen LogP contribution in [0.4, 0.5) is 0 Å². The first-order valence-corrected chi connectivity index (χ1v) is 4.31. The lowest BCUT2D eigenvalue weighted by Crippen LogP contribution is -2.39. The van der Waals surface area contributed by atoms with Gasteiger partial charge in [0, 0.05) is 7.05 Å². The van der Waals surface area contributed by atoms with Crippen LogP contribution < -0.4 is 5.32 Å². The van der Waals surface area contributed by atoms with Crippen LogP contribution in [-0.4, -0.2) is 23.3 Å². The lowest BCUT2D eigenvalue weighted by molar-refractivity contribution is -0.124. The second-order valence-corrected chi connectivity index (χ2v) is 4.22. The highest BCUT2D eigenvalue weighted by atomic mass is 35.5. The van der Waals surface area contributed by atoms with Crippen molar-refractivity contribution < 1.29 is 10.0 Å². The molecule has 0 spiro atoms. The molecule has 4 nitrogen and oxygen atoms in total. The lowest BCUT2D eigenvalue weighted by atomic mass is 9.81. The third-order valence-corrected chi connectivity index (χ3v) is 2.00. The number of rotatable bonds is 2. The Hall–Kier alpha value is -0.770. The lowest BCUT2D eigenvalue weighted by Gasteiger charge is -2.26. The maximum Gasteiger partial charge on any atom is 0.230 e. The van der Waals surface area contributed by atoms with Gasteiger partial charge in [0.2, 0.25) is 5.91 Å². The van der Waals surface area contributed by atoms with Gasteiger partial charge < -0.3 is 10.5 Å². The summed E-state index contributed by atoms with van der Waals surface area (Å²) in [4.78, 5) is 11.4. The Morgan fingerprint density at radius 3 is 2.23 bits per heavy atom. The van der Waals surface area contributed by atoms with E-state index in [0.29, 0.717) is 0 Å². The molecule has 76 valence electrons. The van der Waals surface area contributed by atoms with Gasteiger partial charge in [-0.15, -0.1) is 0 Å². The van der Waals surface area contributed by atoms with Gasteiger partial charge in [-0.2, -0.15) is 0 Å². The maximum atomic E-state index is 11.4. The zero-order valence-corrected chi connectivity index (χ0v) is 9.01. The SMILES string of the molecule is CNC(=O)C(C(Cl)=NO)C(C)(C)C. The van der Waals surface area contributed by atoms with Crippen LogP contribution in [0.15, 0.2) is 5.16 Å². The number of hydrogen-bond acceptors (Lipinski definition) is 3. The number of carbonyl (C=O) groups excluding carboxylic acids is 1. The van der Waals surface area contributed by atoms with Crippen LogP contribution in [-0.2, 0) is 4.79 Å². The molecule has 0 fully saturated rings. The van der Waals surface area contributed by atoms with E-state index in [1.807, 2.05) is 20.8 Å². The minimum Gasteiger partial charge on any atom is -0.410 e. The van der Waals surface area contributed by atoms with Crippen molar-refractivity contribution in [3.8, 4) is 0 Å². The summed E-state index contributed by atoms with van der Waals surface area (Å²) in [5.41, 5.74) is -0.372. The number of nitrogens with one attached hydrogen (secondary N) is 1. The summed E-state index contributed by atoms with van der Waals surface area (Å²) in [5.74, 6) is -0.875. The number of carbonyl (C=O) groups is 1. The van der Waals surface area contributed by atoms with Crippen molar-refractivity contribution in [1.82, 2.24) is 5.32 Å². The summed E-state index contributed by atoms with van der Waals surface area (Å²) in [6.07, 6.45) is 0. The fourth-order valence-electron chi connectivity index (χ4n) is 1.06. The number of amides is 1. The van der Waals surface area contributed by atoms with Gasteiger partial charge in [-0.3, -0.25) is 4.79 Å². The summed E-state index contributed by atoms with van der Waals surface area (Å²) in [6, 6.07) is 0. The van der Waals surface area contributed by atoms with Gasteiger partial charge in [-0.1, -0.05) is 37.5 Å². The van der Waals surface area contributed by atoms with E-state index in [1.165, 1.54) is 7.05 Å². The fourth-order valence-corrected chi connectivity index (χ4v) is 1.49. The maximum absolute atomic E-state index is 11.4. The smallest absolute Gasteiger partial charge is 0.230 e. The van der Waals surface area contributed by atoms with E-state index in [9.17, 15) is 4.79 Å². The molecule has 0 saturated heterocycles. The molecule has 1 unspecified atom stereocenters. The highest BCUT2D eigenvalue weighted by Crippen LogP contribution is 2.28. The second-order valence-electron chi connectivity index (χ2n) is 3.84. The molecule has 0 heterocycles. The summed E-state index contributed by atoms with van der Waals surface area (Å²) in [7, 11) is 1.52. The Morgan fingerprint density at radius 2 is 2.00 bits per heavy atom. The van der Waals surface area contributed by atoms with Crippen molar-refractivity contribution in [2.45, 2.75) is 20.8 Å². The second kappa shape index (κ2) is 4.46. The van der Waals surface area contributed by atoms with Crippen LogP contribution >= 0.6 is 11.6 Å². The molecule has 1 amide bonds. The molecule has 13 heavy (non-hydrogen) atoms. The van der Waals surface area contributed by atoms with Crippen LogP contribution in [0, 0.1) is 11.3 Å². The minimum atomic E-state index is -0.621. The molecular formula is C8H15ClN2O2. The normalized spacial score (nSPS) is 15.3. The third-order valence-electron chi connectivity index (χ3n) is 1.71. The van der Waals surface area contributed by atoms with Crippen molar-refractivity contribution in [1.29, 1.82) is 0 Å². The molecule has 0 radical (unpaired) electrons. The summed E-state index contributed by atoms with van der Waals surface area (Å²) in [5, 5.41) is 13.7. The van der Waals surface area contributed by atoms with Crippen molar-refractivity contribution in [2.24, 2.45) is 16.5 Å². The molecule has 0 rings (SSSR count). The number of hydrogen-bond donors (Lipinski definition) is 2. The average molecular weight is 207 g/mol. The predicted molar refractivity (Wildman–Crippen MR) is 52.1 cm³/mol. The molecule has 0 aromatic heterocycles. The largest absolute Gasteiger partial charge is 0.410 e. The van der Waals surface area contributed by atoms with Crippen LogP contribution in [0.25, 0.3) is 0 Å². The van der Waals surface area contributed by atoms with E-state index in [1.54, 1.807) is 0 Å². The van der Waals surface area contributed by atoms with Crippen LogP contribution in [0.3, 0.4) is 0 Å². The monoisotopic (exact) mass is 206 g/mol. The molecule has 2 N–H and O–H groups in total. The van der Waals surface area contributed by atoms with Crippen molar-refractivity contribution in [3.05, 3.63) is 0 Å². The molecule has 0 aliphatic carbocycles. The zero-order chi connectivity index (χ0) is 10.6. The Balaban J connectivity index is 4.88. The molecule has 1 atom stereocenters. The van der Waals surface area contributed by atoms with Gasteiger partial charge in [0.25, 0.3) is 0 Å². The molecule has 0 aromatic carbocycles. The van der Waals surface area contributed by atoms with Gasteiger partial charge in [0.1, 0.15) is 0 Å². The Bertz CT molecular complexity index is 221. The highest BCUT2D eigenvalue weighted by molar-refractivity contribution is 6.67. The first kappa shape index (κ1) is 12.2. The predicted octanol–water partition coefficient (Wildman–Crippen LogP) is 1.42. The quantitative estimate of drug-likeness (QED) is 0.408. The average Bonchev–Trinajstić information content (AvgIpc) is 2.01. The number of oxime groups is 1. The summed E-state index contributed by atoms with van der Waals surface area (Å²) < 4.78 is 0. The Labute approximate surface area is 83.0 Å². The van der Waals surface area contributed by atoms with E-state index in [4.69, 9.17) is 16.8 Å². The molecule has 5 heteroatoms. The van der Waals surface area contributed by atoms with Crippen molar-refractivity contribution in [3.63, 3.8) is 0 Å². The molecule has 0 aliphatic rings. The van der Waals surface area contributed by atoms with Gasteiger partial charge in [0.15, 0.2) is 5.17 Å². The van der Waals surface area contributed by atoms with Gasteiger partial charge >= 0.3 is 0 Å². The van der Waals surface area contributed by atoms with E-state index in [-0.39, 0.29) is 16.5 Å². The van der Waals surface area contributed by atoms with Crippen LogP contribution in [0.1, 0.15) is 20.8 Å². The van der Waals surface area contributed by atoms with E-state index in [0.717, 1.165) is 0 Å². The van der Waals surface area contributed by atoms with Crippen LogP contribution in [0.5, 0.6) is 0 Å². The molecular weight excluding hydrogens is 192 g/mol. The van der Waals surface area contributed by atoms with E-state index in [2.05, 4.69) is 10.5 Å². The van der Waals surface area contributed by atoms with Gasteiger partial charge in [-0.05, 0) is 5.41 Å². The van der Waals surface area contributed by atoms with Crippen molar-refractivity contribution in [2.75, 3.05) is 7.05 Å². The third kappa shape index (κ3) is 3.22. The first-order valence-electron chi connectivity index (χ1n) is 3.93. The standard InChI is InChI=1S/C8H15ClN2O2/c1-8(2,3)5(6(9)11-13)7(12)10-4/h5,13H,1-4H3,(H,10,12). The van der Waals surface area contributed by atoms with Gasteiger partial charge in [0.05, 0.1) is 5.92 Å². The highest BCUT2D eigenvalue weighted by Gasteiger charge is 2.34. The van der Waals surface area contributed by atoms with E-state index < -0.39 is 5.92 Å². The zero-order valence-electron chi connectivity index (χ0n) is 8.26. The summed E-state index contributed by atoms with van der Waals surface area (Å²) in [6.45, 7) is 5.54. The molecule has 0 aliphatic heterocycles. The topological polar surface area (TPSA) is 61.7 Å². The van der Waals surface area contributed by atoms with Crippen molar-refractivity contribution >= 4 is 22.7 Å². The minimum absolute atomic E-state index is 0.0909. The fraction of sp³-hybridized carbons (Fsp3) is 0.750. The molecule has 0 saturated carbocycles. The Kier molecular flexibility index (Phi) is 4.20. The molecule has 0 bridgehead atoms. The number of halogens is 1. The van der Waals surface area contributed by atoms with Crippen LogP contribution in [0.2, 0.25) is 0 Å². The number of nitrogens with zero attached hydrogens (tertiary/aromatic N) is 1. The first-order chi connectivity index (χ1) is 5.84. The summed E-state index contributed by atoms with van der Waals surface area (Å²) >= 11 is 5.63. The molecule has 0 aromatic rings.